The van der Waals surface area contributed by atoms with E-state index in [1.54, 1.807) is 0 Å². The van der Waals surface area contributed by atoms with Crippen molar-refractivity contribution in [1.82, 2.24) is 0 Å². The molecule has 3 heteroatoms. The first-order valence-electron chi connectivity index (χ1n) is 7.34. The quantitative estimate of drug-likeness (QED) is 0.822. The van der Waals surface area contributed by atoms with Gasteiger partial charge in [-0.2, -0.15) is 0 Å². The molecule has 0 unspecified atom stereocenters. The second kappa shape index (κ2) is 4.74. The molecule has 1 aliphatic heterocycles. The number of nitrogens with two attached hydrogens (primary N) is 1. The molecule has 1 aromatic rings. The van der Waals surface area contributed by atoms with Crippen LogP contribution in [0.5, 0.6) is 0 Å². The van der Waals surface area contributed by atoms with Gasteiger partial charge in [0.2, 0.25) is 0 Å². The van der Waals surface area contributed by atoms with Gasteiger partial charge in [0.1, 0.15) is 11.8 Å². The molecule has 3 rings (SSSR count). The molecular weight excluding hydrogens is 250 g/mol. The third-order valence-corrected chi connectivity index (χ3v) is 4.41. The van der Waals surface area contributed by atoms with E-state index in [2.05, 4.69) is 17.4 Å². The maximum atomic E-state index is 12.5. The van der Waals surface area contributed by atoms with Crippen LogP contribution in [0.2, 0.25) is 0 Å². The summed E-state index contributed by atoms with van der Waals surface area (Å²) >= 11 is 0. The summed E-state index contributed by atoms with van der Waals surface area (Å²) in [4.78, 5) is 12.5. The van der Waals surface area contributed by atoms with E-state index in [4.69, 9.17) is 0 Å². The molecule has 3 N–H and O–H groups in total. The fourth-order valence-electron chi connectivity index (χ4n) is 3.53. The smallest absolute Gasteiger partial charge is 0.169 e. The molecule has 0 amide bonds. The van der Waals surface area contributed by atoms with Crippen molar-refractivity contribution in [3.8, 4) is 0 Å². The molecule has 0 aromatic heterocycles. The number of fused-ring (bicyclic) bond motifs is 1. The Bertz CT molecular complexity index is 586. The monoisotopic (exact) mass is 272 g/mol. The lowest BCUT2D eigenvalue weighted by Crippen LogP contribution is -2.88. The summed E-state index contributed by atoms with van der Waals surface area (Å²) in [5.41, 5.74) is 3.00. The molecule has 20 heavy (non-hydrogen) atoms. The summed E-state index contributed by atoms with van der Waals surface area (Å²) in [6.07, 6.45) is 2.15. The first-order chi connectivity index (χ1) is 9.48. The Hall–Kier alpha value is -1.61. The molecule has 0 bridgehead atoms. The molecule has 106 valence electrons. The first kappa shape index (κ1) is 13.4. The van der Waals surface area contributed by atoms with Gasteiger partial charge in [-0.15, -0.1) is 0 Å². The molecule has 1 aliphatic carbocycles. The van der Waals surface area contributed by atoms with Crippen molar-refractivity contribution < 1.29 is 15.2 Å². The minimum atomic E-state index is -0.126. The van der Waals surface area contributed by atoms with Gasteiger partial charge in [0.05, 0.1) is 12.1 Å². The van der Waals surface area contributed by atoms with Gasteiger partial charge < -0.3 is 10.4 Å². The van der Waals surface area contributed by atoms with Crippen LogP contribution >= 0.6 is 0 Å². The Morgan fingerprint density at radius 2 is 2.00 bits per heavy atom. The van der Waals surface area contributed by atoms with Crippen molar-refractivity contribution in [2.45, 2.75) is 39.2 Å². The number of carbonyl (C=O) groups is 1. The van der Waals surface area contributed by atoms with Crippen molar-refractivity contribution in [3.05, 3.63) is 46.7 Å². The van der Waals surface area contributed by atoms with Crippen molar-refractivity contribution in [2.24, 2.45) is 5.41 Å². The number of benzene rings is 1. The second-order valence-electron chi connectivity index (χ2n) is 6.75. The summed E-state index contributed by atoms with van der Waals surface area (Å²) in [7, 11) is 0. The topological polar surface area (TPSA) is 53.9 Å². The van der Waals surface area contributed by atoms with Crippen molar-refractivity contribution >= 4 is 5.78 Å². The van der Waals surface area contributed by atoms with Gasteiger partial charge in [-0.3, -0.25) is 4.79 Å². The number of quaternary nitrogens is 1. The molecule has 1 heterocycles. The Morgan fingerprint density at radius 3 is 2.75 bits per heavy atom. The predicted octanol–water partition coefficient (Wildman–Crippen LogP) is 2.05. The Morgan fingerprint density at radius 1 is 1.25 bits per heavy atom. The van der Waals surface area contributed by atoms with Gasteiger partial charge in [-0.05, 0) is 11.0 Å². The molecule has 0 radical (unpaired) electrons. The van der Waals surface area contributed by atoms with Crippen LogP contribution in [0.25, 0.3) is 0 Å². The van der Waals surface area contributed by atoms with Gasteiger partial charge in [-0.1, -0.05) is 38.1 Å². The zero-order valence-electron chi connectivity index (χ0n) is 12.1. The fraction of sp³-hybridized carbons (Fsp3) is 0.471. The molecule has 0 spiro atoms. The van der Waals surface area contributed by atoms with Crippen LogP contribution in [0.3, 0.4) is 0 Å². The highest BCUT2D eigenvalue weighted by Gasteiger charge is 2.40. The molecule has 0 saturated carbocycles. The van der Waals surface area contributed by atoms with E-state index in [-0.39, 0.29) is 17.2 Å². The molecule has 1 atom stereocenters. The number of carbonyl (C=O) groups excluding carboxylic acids is 1. The lowest BCUT2D eigenvalue weighted by atomic mass is 9.73. The van der Waals surface area contributed by atoms with Crippen LogP contribution in [0.4, 0.5) is 0 Å². The van der Waals surface area contributed by atoms with Crippen LogP contribution in [0, 0.1) is 5.41 Å². The van der Waals surface area contributed by atoms with E-state index < -0.39 is 0 Å². The van der Waals surface area contributed by atoms with E-state index in [1.807, 2.05) is 26.0 Å². The Kier molecular flexibility index (Phi) is 3.17. The second-order valence-corrected chi connectivity index (χ2v) is 6.75. The minimum Gasteiger partial charge on any atom is -0.512 e. The van der Waals surface area contributed by atoms with Crippen LogP contribution in [0.15, 0.2) is 35.6 Å². The summed E-state index contributed by atoms with van der Waals surface area (Å²) in [5, 5.41) is 12.6. The van der Waals surface area contributed by atoms with E-state index >= 15 is 0 Å². The van der Waals surface area contributed by atoms with Crippen LogP contribution in [-0.4, -0.2) is 17.4 Å². The summed E-state index contributed by atoms with van der Waals surface area (Å²) in [6, 6.07) is 8.25. The highest BCUT2D eigenvalue weighted by molar-refractivity contribution is 5.98. The maximum absolute atomic E-state index is 12.5. The summed E-state index contributed by atoms with van der Waals surface area (Å²) in [5.74, 6) is 0.404. The molecule has 0 saturated heterocycles. The molecule has 1 aromatic carbocycles. The number of Topliss-reactive ketones (excluding diaryl/α,β-unsaturated/α-hetero) is 1. The van der Waals surface area contributed by atoms with Gasteiger partial charge in [0.15, 0.2) is 5.78 Å². The van der Waals surface area contributed by atoms with Crippen LogP contribution < -0.4 is 5.32 Å². The zero-order valence-corrected chi connectivity index (χ0v) is 12.1. The van der Waals surface area contributed by atoms with E-state index in [0.29, 0.717) is 24.2 Å². The van der Waals surface area contributed by atoms with E-state index in [0.717, 1.165) is 13.0 Å². The van der Waals surface area contributed by atoms with Crippen molar-refractivity contribution in [1.29, 1.82) is 0 Å². The average molecular weight is 272 g/mol. The highest BCUT2D eigenvalue weighted by Crippen LogP contribution is 2.39. The van der Waals surface area contributed by atoms with Crippen molar-refractivity contribution in [2.75, 3.05) is 6.54 Å². The third kappa shape index (κ3) is 2.27. The van der Waals surface area contributed by atoms with Gasteiger partial charge in [-0.25, -0.2) is 0 Å². The maximum Gasteiger partial charge on any atom is 0.169 e. The Balaban J connectivity index is 2.04. The largest absolute Gasteiger partial charge is 0.512 e. The summed E-state index contributed by atoms with van der Waals surface area (Å²) in [6.45, 7) is 5.04. The van der Waals surface area contributed by atoms with Gasteiger partial charge in [0.25, 0.3) is 0 Å². The number of rotatable bonds is 1. The SMILES string of the molecule is CC1(C)CC(=O)C([C@H]2[NH2+]CCc3ccccc32)=C(O)C1. The lowest BCUT2D eigenvalue weighted by molar-refractivity contribution is -0.690. The number of aliphatic hydroxyl groups excluding tert-OH is 1. The molecular formula is C17H22NO2+. The predicted molar refractivity (Wildman–Crippen MR) is 77.4 cm³/mol. The number of hydrogen-bond acceptors (Lipinski definition) is 2. The number of ketones is 1. The minimum absolute atomic E-state index is 0.0245. The molecule has 2 aliphatic rings. The van der Waals surface area contributed by atoms with E-state index in [1.165, 1.54) is 11.1 Å². The number of aliphatic hydroxyl groups is 1. The zero-order chi connectivity index (χ0) is 14.3. The number of allylic oxidation sites excluding steroid dienone is 1. The summed E-state index contributed by atoms with van der Waals surface area (Å²) < 4.78 is 0. The highest BCUT2D eigenvalue weighted by atomic mass is 16.3. The average Bonchev–Trinajstić information content (AvgIpc) is 2.36. The molecule has 0 fully saturated rings. The van der Waals surface area contributed by atoms with Gasteiger partial charge >= 0.3 is 0 Å². The standard InChI is InChI=1S/C17H21NO2/c1-17(2)9-13(19)15(14(20)10-17)16-12-6-4-3-5-11(12)7-8-18-16/h3-6,16,18-19H,7-10H2,1-2H3/p+1/t16-/m0/s1. The van der Waals surface area contributed by atoms with Gasteiger partial charge in [0, 0.05) is 24.8 Å². The Labute approximate surface area is 119 Å². The van der Waals surface area contributed by atoms with E-state index in [9.17, 15) is 9.90 Å². The normalized spacial score (nSPS) is 25.5. The lowest BCUT2D eigenvalue weighted by Gasteiger charge is -2.33. The number of hydrogen-bond donors (Lipinski definition) is 2. The fourth-order valence-corrected chi connectivity index (χ4v) is 3.53. The first-order valence-corrected chi connectivity index (χ1v) is 7.34. The van der Waals surface area contributed by atoms with Crippen LogP contribution in [0.1, 0.15) is 43.9 Å². The van der Waals surface area contributed by atoms with Crippen LogP contribution in [-0.2, 0) is 11.2 Å². The molecule has 3 nitrogen and oxygen atoms in total. The van der Waals surface area contributed by atoms with Crippen molar-refractivity contribution in [3.63, 3.8) is 0 Å². The third-order valence-electron chi connectivity index (χ3n) is 4.41.